The van der Waals surface area contributed by atoms with E-state index in [1.165, 1.54) is 11.1 Å². The van der Waals surface area contributed by atoms with Crippen LogP contribution in [-0.2, 0) is 0 Å². The molecule has 4 heteroatoms. The largest absolute Gasteiger partial charge is 0.487 e. The Hall–Kier alpha value is -1.38. The molecule has 0 aromatic heterocycles. The SMILES string of the molecule is Cc1ccc(NCC(C)Oc2ccc(Cl)cc2Cl)c(C)c1. The lowest BCUT2D eigenvalue weighted by Crippen LogP contribution is -2.23. The average molecular weight is 324 g/mol. The molecule has 0 saturated carbocycles. The van der Waals surface area contributed by atoms with E-state index in [0.717, 1.165) is 5.69 Å². The normalized spacial score (nSPS) is 12.0. The molecule has 0 radical (unpaired) electrons. The summed E-state index contributed by atoms with van der Waals surface area (Å²) in [5, 5.41) is 4.53. The van der Waals surface area contributed by atoms with Gasteiger partial charge in [-0.15, -0.1) is 0 Å². The third-order valence-corrected chi connectivity index (χ3v) is 3.71. The van der Waals surface area contributed by atoms with Gasteiger partial charge in [0.25, 0.3) is 0 Å². The van der Waals surface area contributed by atoms with E-state index in [1.807, 2.05) is 6.92 Å². The van der Waals surface area contributed by atoms with E-state index in [4.69, 9.17) is 27.9 Å². The third-order valence-electron chi connectivity index (χ3n) is 3.18. The number of nitrogens with one attached hydrogen (secondary N) is 1. The molecule has 0 heterocycles. The predicted molar refractivity (Wildman–Crippen MR) is 91.0 cm³/mol. The van der Waals surface area contributed by atoms with Crippen molar-refractivity contribution < 1.29 is 4.74 Å². The van der Waals surface area contributed by atoms with Gasteiger partial charge in [0.15, 0.2) is 0 Å². The van der Waals surface area contributed by atoms with Crippen LogP contribution < -0.4 is 10.1 Å². The number of aryl methyl sites for hydroxylation is 2. The number of hydrogen-bond acceptors (Lipinski definition) is 2. The van der Waals surface area contributed by atoms with Crippen LogP contribution >= 0.6 is 23.2 Å². The van der Waals surface area contributed by atoms with Crippen molar-refractivity contribution >= 4 is 28.9 Å². The van der Waals surface area contributed by atoms with Crippen LogP contribution in [0.2, 0.25) is 10.0 Å². The van der Waals surface area contributed by atoms with Gasteiger partial charge in [-0.25, -0.2) is 0 Å². The molecular weight excluding hydrogens is 305 g/mol. The highest BCUT2D eigenvalue weighted by Gasteiger charge is 2.08. The van der Waals surface area contributed by atoms with Gasteiger partial charge in [0.2, 0.25) is 0 Å². The van der Waals surface area contributed by atoms with Crippen molar-refractivity contribution in [3.05, 3.63) is 57.6 Å². The van der Waals surface area contributed by atoms with Crippen molar-refractivity contribution in [3.63, 3.8) is 0 Å². The molecule has 1 unspecified atom stereocenters. The molecule has 2 rings (SSSR count). The Bertz CT molecular complexity index is 628. The fraction of sp³-hybridized carbons (Fsp3) is 0.294. The molecule has 21 heavy (non-hydrogen) atoms. The number of rotatable bonds is 5. The highest BCUT2D eigenvalue weighted by Crippen LogP contribution is 2.28. The molecule has 2 aromatic rings. The first-order chi connectivity index (χ1) is 9.95. The van der Waals surface area contributed by atoms with Crippen LogP contribution in [0.5, 0.6) is 5.75 Å². The van der Waals surface area contributed by atoms with E-state index in [9.17, 15) is 0 Å². The Morgan fingerprint density at radius 2 is 1.86 bits per heavy atom. The van der Waals surface area contributed by atoms with Crippen LogP contribution in [0, 0.1) is 13.8 Å². The van der Waals surface area contributed by atoms with Gasteiger partial charge >= 0.3 is 0 Å². The fourth-order valence-corrected chi connectivity index (χ4v) is 2.55. The smallest absolute Gasteiger partial charge is 0.138 e. The van der Waals surface area contributed by atoms with Crippen LogP contribution in [0.3, 0.4) is 0 Å². The molecule has 0 saturated heterocycles. The Balaban J connectivity index is 1.94. The highest BCUT2D eigenvalue weighted by atomic mass is 35.5. The summed E-state index contributed by atoms with van der Waals surface area (Å²) in [5.41, 5.74) is 3.61. The zero-order valence-electron chi connectivity index (χ0n) is 12.4. The number of hydrogen-bond donors (Lipinski definition) is 1. The maximum absolute atomic E-state index is 6.10. The van der Waals surface area contributed by atoms with Crippen molar-refractivity contribution in [2.75, 3.05) is 11.9 Å². The Kier molecular flexibility index (Phi) is 5.38. The summed E-state index contributed by atoms with van der Waals surface area (Å²) in [5.74, 6) is 0.649. The van der Waals surface area contributed by atoms with Crippen molar-refractivity contribution in [2.24, 2.45) is 0 Å². The first-order valence-electron chi connectivity index (χ1n) is 6.88. The first kappa shape index (κ1) is 16.0. The number of benzene rings is 2. The second kappa shape index (κ2) is 7.06. The maximum Gasteiger partial charge on any atom is 0.138 e. The van der Waals surface area contributed by atoms with E-state index in [0.29, 0.717) is 22.3 Å². The predicted octanol–water partition coefficient (Wildman–Crippen LogP) is 5.49. The van der Waals surface area contributed by atoms with Gasteiger partial charge in [0, 0.05) is 10.7 Å². The zero-order chi connectivity index (χ0) is 15.4. The molecule has 0 amide bonds. The molecule has 0 aliphatic carbocycles. The van der Waals surface area contributed by atoms with Gasteiger partial charge in [0.1, 0.15) is 11.9 Å². The quantitative estimate of drug-likeness (QED) is 0.785. The molecule has 2 aromatic carbocycles. The van der Waals surface area contributed by atoms with Gasteiger partial charge in [0.05, 0.1) is 11.6 Å². The monoisotopic (exact) mass is 323 g/mol. The summed E-state index contributed by atoms with van der Waals surface area (Å²) in [6, 6.07) is 11.6. The molecule has 0 aliphatic rings. The van der Waals surface area contributed by atoms with E-state index in [-0.39, 0.29) is 6.10 Å². The molecule has 1 N–H and O–H groups in total. The summed E-state index contributed by atoms with van der Waals surface area (Å²) in [7, 11) is 0. The lowest BCUT2D eigenvalue weighted by atomic mass is 10.1. The topological polar surface area (TPSA) is 21.3 Å². The van der Waals surface area contributed by atoms with E-state index in [1.54, 1.807) is 18.2 Å². The summed E-state index contributed by atoms with van der Waals surface area (Å²) in [6.45, 7) is 6.88. The summed E-state index contributed by atoms with van der Waals surface area (Å²) in [6.07, 6.45) is -0.00983. The van der Waals surface area contributed by atoms with Crippen LogP contribution in [0.1, 0.15) is 18.1 Å². The third kappa shape index (κ3) is 4.55. The zero-order valence-corrected chi connectivity index (χ0v) is 13.9. The molecule has 1 atom stereocenters. The minimum absolute atomic E-state index is 0.00983. The maximum atomic E-state index is 6.10. The molecule has 2 nitrogen and oxygen atoms in total. The van der Waals surface area contributed by atoms with Crippen LogP contribution in [0.15, 0.2) is 36.4 Å². The molecule has 0 fully saturated rings. The Labute approximate surface area is 136 Å². The highest BCUT2D eigenvalue weighted by molar-refractivity contribution is 6.35. The lowest BCUT2D eigenvalue weighted by molar-refractivity contribution is 0.235. The fourth-order valence-electron chi connectivity index (χ4n) is 2.09. The van der Waals surface area contributed by atoms with E-state index < -0.39 is 0 Å². The van der Waals surface area contributed by atoms with E-state index in [2.05, 4.69) is 37.4 Å². The molecule has 112 valence electrons. The Morgan fingerprint density at radius 3 is 2.52 bits per heavy atom. The van der Waals surface area contributed by atoms with Crippen LogP contribution in [0.4, 0.5) is 5.69 Å². The second-order valence-electron chi connectivity index (χ2n) is 5.20. The Morgan fingerprint density at radius 1 is 1.10 bits per heavy atom. The number of anilines is 1. The molecule has 0 bridgehead atoms. The lowest BCUT2D eigenvalue weighted by Gasteiger charge is -2.18. The second-order valence-corrected chi connectivity index (χ2v) is 6.05. The van der Waals surface area contributed by atoms with Crippen molar-refractivity contribution in [3.8, 4) is 5.75 Å². The molecule has 0 spiro atoms. The summed E-state index contributed by atoms with van der Waals surface area (Å²) < 4.78 is 5.83. The van der Waals surface area contributed by atoms with Gasteiger partial charge in [-0.2, -0.15) is 0 Å². The minimum atomic E-state index is -0.00983. The standard InChI is InChI=1S/C17H19Cl2NO/c1-11-4-6-16(12(2)8-11)20-10-13(3)21-17-7-5-14(18)9-15(17)19/h4-9,13,20H,10H2,1-3H3. The van der Waals surface area contributed by atoms with Crippen molar-refractivity contribution in [2.45, 2.75) is 26.9 Å². The van der Waals surface area contributed by atoms with Crippen LogP contribution in [0.25, 0.3) is 0 Å². The average Bonchev–Trinajstić information content (AvgIpc) is 2.41. The molecular formula is C17H19Cl2NO. The van der Waals surface area contributed by atoms with Crippen molar-refractivity contribution in [1.82, 2.24) is 0 Å². The number of ether oxygens (including phenoxy) is 1. The van der Waals surface area contributed by atoms with Gasteiger partial charge in [-0.1, -0.05) is 40.9 Å². The first-order valence-corrected chi connectivity index (χ1v) is 7.64. The van der Waals surface area contributed by atoms with Gasteiger partial charge in [-0.3, -0.25) is 0 Å². The number of halogens is 2. The van der Waals surface area contributed by atoms with Crippen LogP contribution in [-0.4, -0.2) is 12.6 Å². The molecule has 0 aliphatic heterocycles. The summed E-state index contributed by atoms with van der Waals surface area (Å²) in [4.78, 5) is 0. The van der Waals surface area contributed by atoms with Crippen molar-refractivity contribution in [1.29, 1.82) is 0 Å². The summed E-state index contributed by atoms with van der Waals surface area (Å²) >= 11 is 12.0. The van der Waals surface area contributed by atoms with E-state index >= 15 is 0 Å². The minimum Gasteiger partial charge on any atom is -0.487 e. The van der Waals surface area contributed by atoms with Gasteiger partial charge in [-0.05, 0) is 50.6 Å². The van der Waals surface area contributed by atoms with Gasteiger partial charge < -0.3 is 10.1 Å².